The molecule has 1 fully saturated rings. The summed E-state index contributed by atoms with van der Waals surface area (Å²) in [4.78, 5) is 27.6. The fourth-order valence-electron chi connectivity index (χ4n) is 5.70. The second-order valence-electron chi connectivity index (χ2n) is 9.55. The second-order valence-corrected chi connectivity index (χ2v) is 9.55. The number of methoxy groups -OCH3 is 1. The summed E-state index contributed by atoms with van der Waals surface area (Å²) in [5.41, 5.74) is 2.94. The van der Waals surface area contributed by atoms with Gasteiger partial charge in [0.05, 0.1) is 18.2 Å². The van der Waals surface area contributed by atoms with Crippen LogP contribution in [0.1, 0.15) is 23.6 Å². The van der Waals surface area contributed by atoms with E-state index in [1.54, 1.807) is 37.4 Å². The molecular formula is C28H26N2O5. The molecule has 2 atom stereocenters. The van der Waals surface area contributed by atoms with E-state index in [0.29, 0.717) is 41.5 Å². The number of pyridine rings is 1. The van der Waals surface area contributed by atoms with Crippen molar-refractivity contribution in [1.82, 2.24) is 9.47 Å². The smallest absolute Gasteiger partial charge is 0.344 e. The third-order valence-corrected chi connectivity index (χ3v) is 7.32. The molecule has 6 rings (SSSR count). The monoisotopic (exact) mass is 470 g/mol. The van der Waals surface area contributed by atoms with Crippen LogP contribution in [0.4, 0.5) is 0 Å². The lowest BCUT2D eigenvalue weighted by atomic mass is 9.83. The molecule has 7 nitrogen and oxygen atoms in total. The van der Waals surface area contributed by atoms with E-state index in [4.69, 9.17) is 9.15 Å². The molecule has 0 radical (unpaired) electrons. The lowest BCUT2D eigenvalue weighted by molar-refractivity contribution is 0.113. The number of phenolic OH excluding ortho intramolecular Hbond substituents is 1. The number of fused-ring (bicyclic) bond motifs is 5. The molecular weight excluding hydrogens is 444 g/mol. The van der Waals surface area contributed by atoms with Crippen molar-refractivity contribution in [3.8, 4) is 22.6 Å². The number of aromatic hydroxyl groups is 1. The van der Waals surface area contributed by atoms with E-state index in [2.05, 4.69) is 4.90 Å². The predicted molar refractivity (Wildman–Crippen MR) is 133 cm³/mol. The quantitative estimate of drug-likeness (QED) is 0.455. The van der Waals surface area contributed by atoms with Crippen molar-refractivity contribution in [2.75, 3.05) is 20.2 Å². The van der Waals surface area contributed by atoms with Gasteiger partial charge in [-0.2, -0.15) is 0 Å². The largest absolute Gasteiger partial charge is 0.507 e. The van der Waals surface area contributed by atoms with E-state index >= 15 is 0 Å². The molecule has 0 unspecified atom stereocenters. The third-order valence-electron chi connectivity index (χ3n) is 7.32. The van der Waals surface area contributed by atoms with Crippen LogP contribution in [0.5, 0.6) is 11.5 Å². The lowest BCUT2D eigenvalue weighted by Crippen LogP contribution is -2.46. The first-order valence-electron chi connectivity index (χ1n) is 11.9. The highest BCUT2D eigenvalue weighted by Crippen LogP contribution is 2.37. The van der Waals surface area contributed by atoms with E-state index < -0.39 is 5.63 Å². The molecule has 1 saturated heterocycles. The van der Waals surface area contributed by atoms with Crippen molar-refractivity contribution >= 4 is 11.0 Å². The van der Waals surface area contributed by atoms with Gasteiger partial charge in [-0.05, 0) is 54.3 Å². The molecule has 1 N–H and O–H groups in total. The zero-order valence-electron chi connectivity index (χ0n) is 19.4. The number of aromatic nitrogens is 1. The third kappa shape index (κ3) is 3.82. The van der Waals surface area contributed by atoms with Gasteiger partial charge in [-0.3, -0.25) is 9.69 Å². The molecule has 2 aliphatic rings. The number of nitrogens with zero attached hydrogens (tertiary/aromatic N) is 2. The Balaban J connectivity index is 1.34. The Morgan fingerprint density at radius 3 is 2.66 bits per heavy atom. The van der Waals surface area contributed by atoms with Crippen molar-refractivity contribution < 1.29 is 14.3 Å². The number of phenols is 1. The first-order chi connectivity index (χ1) is 17.0. The molecule has 0 amide bonds. The van der Waals surface area contributed by atoms with E-state index in [-0.39, 0.29) is 17.2 Å². The number of ether oxygens (including phenoxy) is 1. The van der Waals surface area contributed by atoms with Crippen molar-refractivity contribution in [1.29, 1.82) is 0 Å². The van der Waals surface area contributed by atoms with Crippen molar-refractivity contribution in [3.05, 3.63) is 92.7 Å². The van der Waals surface area contributed by atoms with Crippen LogP contribution in [0.2, 0.25) is 0 Å². The van der Waals surface area contributed by atoms with Crippen LogP contribution in [0, 0.1) is 5.92 Å². The molecule has 2 bridgehead atoms. The summed E-state index contributed by atoms with van der Waals surface area (Å²) < 4.78 is 12.9. The molecule has 4 heterocycles. The van der Waals surface area contributed by atoms with Gasteiger partial charge >= 0.3 is 5.63 Å². The maximum atomic E-state index is 12.9. The van der Waals surface area contributed by atoms with Gasteiger partial charge in [0.2, 0.25) is 0 Å². The zero-order chi connectivity index (χ0) is 24.1. The van der Waals surface area contributed by atoms with Gasteiger partial charge in [0.25, 0.3) is 5.56 Å². The SMILES string of the molecule is COc1ccc(-c2cc3ccc(O)c(CN4C[C@@H]5C[C@H](C4)c4cccc(=O)n4C5)c3oc2=O)cc1. The van der Waals surface area contributed by atoms with Gasteiger partial charge in [-0.15, -0.1) is 0 Å². The van der Waals surface area contributed by atoms with Crippen LogP contribution < -0.4 is 15.9 Å². The van der Waals surface area contributed by atoms with E-state index in [1.165, 1.54) is 0 Å². The average molecular weight is 471 g/mol. The van der Waals surface area contributed by atoms with E-state index in [1.807, 2.05) is 34.9 Å². The highest BCUT2D eigenvalue weighted by atomic mass is 16.5. The minimum absolute atomic E-state index is 0.0618. The molecule has 2 aromatic carbocycles. The van der Waals surface area contributed by atoms with Crippen molar-refractivity contribution in [2.45, 2.75) is 25.4 Å². The van der Waals surface area contributed by atoms with Crippen LogP contribution in [-0.2, 0) is 13.1 Å². The number of hydrogen-bond acceptors (Lipinski definition) is 6. The summed E-state index contributed by atoms with van der Waals surface area (Å²) in [6.45, 7) is 2.78. The molecule has 35 heavy (non-hydrogen) atoms. The maximum absolute atomic E-state index is 12.9. The number of likely N-dealkylation sites (tertiary alicyclic amines) is 1. The standard InChI is InChI=1S/C28H26N2O5/c1-34-21-8-5-18(6-9-21)22-12-19-7-10-25(31)23(27(19)35-28(22)33)16-29-13-17-11-20(15-29)24-3-2-4-26(32)30(24)14-17/h2-10,12,17,20,31H,11,13-16H2,1H3/t17-,20+/m0/s1. The minimum Gasteiger partial charge on any atom is -0.507 e. The van der Waals surface area contributed by atoms with Gasteiger partial charge < -0.3 is 18.8 Å². The fraction of sp³-hybridized carbons (Fsp3) is 0.286. The Morgan fingerprint density at radius 1 is 1.03 bits per heavy atom. The summed E-state index contributed by atoms with van der Waals surface area (Å²) in [6, 6.07) is 18.0. The Bertz CT molecular complexity index is 1540. The highest BCUT2D eigenvalue weighted by Gasteiger charge is 2.35. The molecule has 7 heteroatoms. The Kier molecular flexibility index (Phi) is 5.22. The van der Waals surface area contributed by atoms with Gasteiger partial charge in [0.1, 0.15) is 17.1 Å². The number of piperidine rings is 1. The zero-order valence-corrected chi connectivity index (χ0v) is 19.4. The van der Waals surface area contributed by atoms with Crippen LogP contribution in [0.15, 0.2) is 74.7 Å². The topological polar surface area (TPSA) is 84.9 Å². The molecule has 178 valence electrons. The summed E-state index contributed by atoms with van der Waals surface area (Å²) in [6.07, 6.45) is 1.06. The molecule has 0 aliphatic carbocycles. The van der Waals surface area contributed by atoms with E-state index in [0.717, 1.165) is 36.2 Å². The van der Waals surface area contributed by atoms with Crippen molar-refractivity contribution in [3.63, 3.8) is 0 Å². The molecule has 0 spiro atoms. The molecule has 2 aromatic heterocycles. The lowest BCUT2D eigenvalue weighted by Gasteiger charge is -2.42. The Labute approximate surface area is 201 Å². The van der Waals surface area contributed by atoms with Crippen LogP contribution in [0.25, 0.3) is 22.1 Å². The van der Waals surface area contributed by atoms with Gasteiger partial charge in [-0.1, -0.05) is 18.2 Å². The van der Waals surface area contributed by atoms with Gasteiger partial charge in [-0.25, -0.2) is 4.79 Å². The van der Waals surface area contributed by atoms with Crippen LogP contribution in [0.3, 0.4) is 0 Å². The predicted octanol–water partition coefficient (Wildman–Crippen LogP) is 3.96. The van der Waals surface area contributed by atoms with Crippen molar-refractivity contribution in [2.24, 2.45) is 5.92 Å². The average Bonchev–Trinajstić information content (AvgIpc) is 2.86. The fourth-order valence-corrected chi connectivity index (χ4v) is 5.70. The first-order valence-corrected chi connectivity index (χ1v) is 11.9. The number of benzene rings is 2. The molecule has 2 aliphatic heterocycles. The Hall–Kier alpha value is -3.84. The van der Waals surface area contributed by atoms with Crippen LogP contribution in [-0.4, -0.2) is 34.8 Å². The second kappa shape index (κ2) is 8.43. The number of rotatable bonds is 4. The Morgan fingerprint density at radius 2 is 1.86 bits per heavy atom. The van der Waals surface area contributed by atoms with Crippen LogP contribution >= 0.6 is 0 Å². The highest BCUT2D eigenvalue weighted by molar-refractivity contribution is 5.85. The van der Waals surface area contributed by atoms with E-state index in [9.17, 15) is 14.7 Å². The molecule has 4 aromatic rings. The minimum atomic E-state index is -0.446. The first kappa shape index (κ1) is 21.7. The normalized spacial score (nSPS) is 19.5. The van der Waals surface area contributed by atoms with Gasteiger partial charge in [0, 0.05) is 49.2 Å². The summed E-state index contributed by atoms with van der Waals surface area (Å²) in [5.74, 6) is 1.46. The molecule has 0 saturated carbocycles. The number of hydrogen-bond donors (Lipinski definition) is 1. The summed E-state index contributed by atoms with van der Waals surface area (Å²) >= 11 is 0. The van der Waals surface area contributed by atoms with Gasteiger partial charge in [0.15, 0.2) is 0 Å². The summed E-state index contributed by atoms with van der Waals surface area (Å²) in [5, 5.41) is 11.5. The maximum Gasteiger partial charge on any atom is 0.344 e. The summed E-state index contributed by atoms with van der Waals surface area (Å²) in [7, 11) is 1.60.